The molecular weight excluding hydrogens is 392 g/mol. The number of thioether (sulfide) groups is 1. The minimum absolute atomic E-state index is 0.0660. The number of carbonyl (C=O) groups excluding carboxylic acids is 2. The number of rotatable bonds is 8. The average Bonchev–Trinajstić information content (AvgIpc) is 3.42. The predicted molar refractivity (Wildman–Crippen MR) is 111 cm³/mol. The van der Waals surface area contributed by atoms with E-state index in [2.05, 4.69) is 31.1 Å². The number of hydrogen-bond acceptors (Lipinski definition) is 6. The summed E-state index contributed by atoms with van der Waals surface area (Å²) in [5.41, 5.74) is 0.781. The van der Waals surface area contributed by atoms with Crippen molar-refractivity contribution in [2.45, 2.75) is 43.0 Å². The number of para-hydroxylation sites is 1. The van der Waals surface area contributed by atoms with Gasteiger partial charge in [0.1, 0.15) is 5.75 Å². The maximum Gasteiger partial charge on any atom is 0.315 e. The van der Waals surface area contributed by atoms with Crippen molar-refractivity contribution in [2.24, 2.45) is 0 Å². The third-order valence-electron chi connectivity index (χ3n) is 5.18. The highest BCUT2D eigenvalue weighted by molar-refractivity contribution is 8.00. The van der Waals surface area contributed by atoms with Gasteiger partial charge in [0, 0.05) is 17.4 Å². The van der Waals surface area contributed by atoms with Crippen LogP contribution in [0.1, 0.15) is 25.7 Å². The van der Waals surface area contributed by atoms with Crippen molar-refractivity contribution in [1.82, 2.24) is 25.8 Å². The molecule has 29 heavy (non-hydrogen) atoms. The first-order chi connectivity index (χ1) is 14.1. The zero-order valence-electron chi connectivity index (χ0n) is 16.1. The molecule has 3 amide bonds. The Kier molecular flexibility index (Phi) is 5.89. The fourth-order valence-electron chi connectivity index (χ4n) is 3.74. The number of methoxy groups -OCH3 is 1. The number of hydrogen-bond donors (Lipinski definition) is 4. The van der Waals surface area contributed by atoms with E-state index in [4.69, 9.17) is 4.74 Å². The van der Waals surface area contributed by atoms with Gasteiger partial charge < -0.3 is 15.4 Å². The van der Waals surface area contributed by atoms with Gasteiger partial charge in [-0.15, -0.1) is 5.10 Å². The molecule has 4 N–H and O–H groups in total. The number of aromatic amines is 1. The molecule has 2 aliphatic rings. The molecule has 0 aliphatic carbocycles. The SMILES string of the molecule is COc1ccccc1-c1nc(NC(=O)CCCC[C@@H]2SC[C@H]3NC(=O)N[C@H]23)n[nH]1. The van der Waals surface area contributed by atoms with Gasteiger partial charge >= 0.3 is 6.03 Å². The summed E-state index contributed by atoms with van der Waals surface area (Å²) in [4.78, 5) is 28.0. The molecule has 4 rings (SSSR count). The minimum atomic E-state index is -0.108. The van der Waals surface area contributed by atoms with Crippen LogP contribution in [0.15, 0.2) is 24.3 Å². The van der Waals surface area contributed by atoms with Crippen LogP contribution in [-0.4, -0.2) is 57.3 Å². The molecule has 1 aromatic carbocycles. The van der Waals surface area contributed by atoms with Crippen LogP contribution in [0.2, 0.25) is 0 Å². The topological polar surface area (TPSA) is 121 Å². The lowest BCUT2D eigenvalue weighted by atomic mass is 10.0. The Balaban J connectivity index is 1.21. The van der Waals surface area contributed by atoms with Crippen molar-refractivity contribution >= 4 is 29.6 Å². The van der Waals surface area contributed by atoms with Crippen LogP contribution in [0, 0.1) is 0 Å². The number of nitrogens with zero attached hydrogens (tertiary/aromatic N) is 2. The fourth-order valence-corrected chi connectivity index (χ4v) is 5.28. The Labute approximate surface area is 172 Å². The first kappa shape index (κ1) is 19.6. The van der Waals surface area contributed by atoms with Gasteiger partial charge in [0.2, 0.25) is 11.9 Å². The normalized spacial score (nSPS) is 22.7. The molecule has 3 heterocycles. The quantitative estimate of drug-likeness (QED) is 0.386. The summed E-state index contributed by atoms with van der Waals surface area (Å²) in [7, 11) is 1.60. The van der Waals surface area contributed by atoms with Crippen molar-refractivity contribution in [3.05, 3.63) is 24.3 Å². The first-order valence-electron chi connectivity index (χ1n) is 9.68. The van der Waals surface area contributed by atoms with Crippen LogP contribution in [0.25, 0.3) is 11.4 Å². The first-order valence-corrected chi connectivity index (χ1v) is 10.7. The molecule has 2 fully saturated rings. The van der Waals surface area contributed by atoms with Gasteiger partial charge in [-0.05, 0) is 25.0 Å². The number of unbranched alkanes of at least 4 members (excludes halogenated alkanes) is 1. The van der Waals surface area contributed by atoms with Gasteiger partial charge in [-0.3, -0.25) is 15.2 Å². The second kappa shape index (κ2) is 8.73. The van der Waals surface area contributed by atoms with Gasteiger partial charge in [0.05, 0.1) is 24.8 Å². The Morgan fingerprint density at radius 3 is 3.03 bits per heavy atom. The number of carbonyl (C=O) groups is 2. The van der Waals surface area contributed by atoms with Crippen LogP contribution in [0.4, 0.5) is 10.7 Å². The van der Waals surface area contributed by atoms with Crippen LogP contribution < -0.4 is 20.7 Å². The Morgan fingerprint density at radius 1 is 1.31 bits per heavy atom. The lowest BCUT2D eigenvalue weighted by molar-refractivity contribution is -0.116. The second-order valence-electron chi connectivity index (χ2n) is 7.12. The van der Waals surface area contributed by atoms with Gasteiger partial charge in [-0.2, -0.15) is 16.7 Å². The summed E-state index contributed by atoms with van der Waals surface area (Å²) in [6.07, 6.45) is 3.12. The van der Waals surface area contributed by atoms with E-state index in [1.54, 1.807) is 7.11 Å². The monoisotopic (exact) mass is 416 g/mol. The minimum Gasteiger partial charge on any atom is -0.496 e. The van der Waals surface area contributed by atoms with Gasteiger partial charge in [-0.25, -0.2) is 4.79 Å². The summed E-state index contributed by atoms with van der Waals surface area (Å²) < 4.78 is 5.33. The smallest absolute Gasteiger partial charge is 0.315 e. The number of nitrogens with one attached hydrogen (secondary N) is 4. The molecule has 0 radical (unpaired) electrons. The van der Waals surface area contributed by atoms with Crippen molar-refractivity contribution in [3.63, 3.8) is 0 Å². The zero-order valence-corrected chi connectivity index (χ0v) is 16.9. The average molecular weight is 417 g/mol. The second-order valence-corrected chi connectivity index (χ2v) is 8.40. The van der Waals surface area contributed by atoms with Crippen LogP contribution in [0.3, 0.4) is 0 Å². The Morgan fingerprint density at radius 2 is 2.17 bits per heavy atom. The largest absolute Gasteiger partial charge is 0.496 e. The number of H-pyrrole nitrogens is 1. The van der Waals surface area contributed by atoms with Crippen LogP contribution in [-0.2, 0) is 4.79 Å². The summed E-state index contributed by atoms with van der Waals surface area (Å²) >= 11 is 1.89. The molecule has 3 atom stereocenters. The Hall–Kier alpha value is -2.75. The zero-order chi connectivity index (χ0) is 20.2. The van der Waals surface area contributed by atoms with Gasteiger partial charge in [0.15, 0.2) is 5.82 Å². The summed E-state index contributed by atoms with van der Waals surface area (Å²) in [6, 6.07) is 7.86. The van der Waals surface area contributed by atoms with Crippen molar-refractivity contribution in [3.8, 4) is 17.1 Å². The Bertz CT molecular complexity index is 888. The molecule has 2 aromatic rings. The molecular formula is C19H24N6O3S. The highest BCUT2D eigenvalue weighted by Gasteiger charge is 2.42. The number of benzene rings is 1. The predicted octanol–water partition coefficient (Wildman–Crippen LogP) is 2.14. The molecule has 10 heteroatoms. The van der Waals surface area contributed by atoms with E-state index in [0.29, 0.717) is 23.2 Å². The van der Waals surface area contributed by atoms with E-state index in [0.717, 1.165) is 30.6 Å². The molecule has 0 saturated carbocycles. The molecule has 0 spiro atoms. The van der Waals surface area contributed by atoms with Crippen molar-refractivity contribution in [2.75, 3.05) is 18.2 Å². The molecule has 2 saturated heterocycles. The van der Waals surface area contributed by atoms with E-state index in [1.807, 2.05) is 36.0 Å². The molecule has 1 aromatic heterocycles. The van der Waals surface area contributed by atoms with Gasteiger partial charge in [-0.1, -0.05) is 18.6 Å². The summed E-state index contributed by atoms with van der Waals surface area (Å²) in [6.45, 7) is 0. The lowest BCUT2D eigenvalue weighted by Crippen LogP contribution is -2.36. The standard InChI is InChI=1S/C19H24N6O3S/c1-28-13-7-3-2-6-11(13)17-23-18(25-24-17)21-15(26)9-5-4-8-14-16-12(10-29-14)20-19(27)22-16/h2-3,6-7,12,14,16H,4-5,8-10H2,1H3,(H2,20,22,27)(H2,21,23,24,25,26)/t12-,14+,16+/m1/s1. The number of aromatic nitrogens is 3. The maximum absolute atomic E-state index is 12.2. The molecule has 154 valence electrons. The third kappa shape index (κ3) is 4.47. The van der Waals surface area contributed by atoms with E-state index < -0.39 is 0 Å². The molecule has 0 bridgehead atoms. The van der Waals surface area contributed by atoms with Crippen molar-refractivity contribution in [1.29, 1.82) is 0 Å². The highest BCUT2D eigenvalue weighted by atomic mass is 32.2. The molecule has 9 nitrogen and oxygen atoms in total. The highest BCUT2D eigenvalue weighted by Crippen LogP contribution is 2.33. The summed E-state index contributed by atoms with van der Waals surface area (Å²) in [5.74, 6) is 2.32. The number of urea groups is 1. The lowest BCUT2D eigenvalue weighted by Gasteiger charge is -2.16. The van der Waals surface area contributed by atoms with Crippen molar-refractivity contribution < 1.29 is 14.3 Å². The number of ether oxygens (including phenoxy) is 1. The van der Waals surface area contributed by atoms with E-state index >= 15 is 0 Å². The van der Waals surface area contributed by atoms with Crippen LogP contribution in [0.5, 0.6) is 5.75 Å². The molecule has 0 unspecified atom stereocenters. The van der Waals surface area contributed by atoms with E-state index in [1.165, 1.54) is 0 Å². The molecule has 2 aliphatic heterocycles. The van der Waals surface area contributed by atoms with E-state index in [-0.39, 0.29) is 30.0 Å². The van der Waals surface area contributed by atoms with E-state index in [9.17, 15) is 9.59 Å². The fraction of sp³-hybridized carbons (Fsp3) is 0.474. The summed E-state index contributed by atoms with van der Waals surface area (Å²) in [5, 5.41) is 16.0. The third-order valence-corrected chi connectivity index (χ3v) is 6.69. The van der Waals surface area contributed by atoms with Crippen LogP contribution >= 0.6 is 11.8 Å². The van der Waals surface area contributed by atoms with Gasteiger partial charge in [0.25, 0.3) is 0 Å². The number of amides is 3. The number of fused-ring (bicyclic) bond motifs is 1. The number of anilines is 1. The maximum atomic E-state index is 12.2.